The van der Waals surface area contributed by atoms with Crippen LogP contribution in [0.5, 0.6) is 0 Å². The topological polar surface area (TPSA) is 75.1 Å². The van der Waals surface area contributed by atoms with E-state index in [1.165, 1.54) is 6.07 Å². The number of rotatable bonds is 0. The second-order valence-corrected chi connectivity index (χ2v) is 2.73. The predicted molar refractivity (Wildman–Crippen MR) is 46.0 cm³/mol. The van der Waals surface area contributed by atoms with Crippen molar-refractivity contribution in [3.8, 4) is 0 Å². The smallest absolute Gasteiger partial charge is 0.348 e. The van der Waals surface area contributed by atoms with E-state index >= 15 is 0 Å². The van der Waals surface area contributed by atoms with Crippen molar-refractivity contribution in [2.75, 3.05) is 0 Å². The maximum Gasteiger partial charge on any atom is 0.348 e. The van der Waals surface area contributed by atoms with Crippen LogP contribution in [0, 0.1) is 5.82 Å². The van der Waals surface area contributed by atoms with E-state index in [4.69, 9.17) is 0 Å². The summed E-state index contributed by atoms with van der Waals surface area (Å²) < 4.78 is 12.9. The van der Waals surface area contributed by atoms with Crippen molar-refractivity contribution in [3.63, 3.8) is 0 Å². The van der Waals surface area contributed by atoms with Crippen molar-refractivity contribution in [3.05, 3.63) is 44.7 Å². The average Bonchev–Trinajstić information content (AvgIpc) is 2.16. The summed E-state index contributed by atoms with van der Waals surface area (Å²) in [5, 5.41) is 9.18. The zero-order chi connectivity index (χ0) is 10.3. The number of nitrogens with one attached hydrogen (secondary N) is 1. The average molecular weight is 196 g/mol. The molecule has 1 heterocycles. The van der Waals surface area contributed by atoms with E-state index in [9.17, 15) is 19.2 Å². The van der Waals surface area contributed by atoms with Gasteiger partial charge in [-0.2, -0.15) is 0 Å². The number of fused-ring (bicyclic) bond motifs is 1. The summed E-state index contributed by atoms with van der Waals surface area (Å²) in [4.78, 5) is 24.0. The fourth-order valence-electron chi connectivity index (χ4n) is 1.17. The minimum Gasteiger partial charge on any atom is -0.425 e. The monoisotopic (exact) mass is 196 g/mol. The van der Waals surface area contributed by atoms with Gasteiger partial charge >= 0.3 is 11.1 Å². The van der Waals surface area contributed by atoms with E-state index in [0.717, 1.165) is 12.1 Å². The number of hydrogen-bond donors (Lipinski definition) is 2. The molecule has 0 aliphatic carbocycles. The number of nitrogens with zero attached hydrogens (tertiary/aromatic N) is 1. The van der Waals surface area contributed by atoms with Crippen LogP contribution in [0.2, 0.25) is 0 Å². The quantitative estimate of drug-likeness (QED) is 0.462. The lowest BCUT2D eigenvalue weighted by atomic mass is 10.3. The van der Waals surface area contributed by atoms with Crippen LogP contribution in [-0.2, 0) is 0 Å². The summed E-state index contributed by atoms with van der Waals surface area (Å²) in [6, 6.07) is 3.33. The molecule has 0 bridgehead atoms. The van der Waals surface area contributed by atoms with E-state index in [1.807, 2.05) is 0 Å². The Morgan fingerprint density at radius 3 is 2.79 bits per heavy atom. The molecule has 2 N–H and O–H groups in total. The van der Waals surface area contributed by atoms with Gasteiger partial charge < -0.3 is 10.2 Å². The molecule has 0 spiro atoms. The third-order valence-corrected chi connectivity index (χ3v) is 1.82. The SMILES string of the molecule is O=c1[nH]c2ccc(F)cc2n(O)c1=O. The Kier molecular flexibility index (Phi) is 1.63. The largest absolute Gasteiger partial charge is 0.425 e. The molecule has 14 heavy (non-hydrogen) atoms. The first kappa shape index (κ1) is 8.49. The minimum atomic E-state index is -1.14. The van der Waals surface area contributed by atoms with Crippen LogP contribution in [0.3, 0.4) is 0 Å². The zero-order valence-electron chi connectivity index (χ0n) is 6.82. The summed E-state index contributed by atoms with van der Waals surface area (Å²) in [6.07, 6.45) is 0. The van der Waals surface area contributed by atoms with Crippen LogP contribution in [0.15, 0.2) is 27.8 Å². The number of halogens is 1. The molecule has 0 aliphatic heterocycles. The molecule has 72 valence electrons. The van der Waals surface area contributed by atoms with Gasteiger partial charge in [0, 0.05) is 6.07 Å². The molecule has 0 radical (unpaired) electrons. The van der Waals surface area contributed by atoms with Crippen LogP contribution >= 0.6 is 0 Å². The van der Waals surface area contributed by atoms with Crippen molar-refractivity contribution in [2.24, 2.45) is 0 Å². The Morgan fingerprint density at radius 1 is 1.36 bits per heavy atom. The Balaban J connectivity index is 3.07. The second kappa shape index (κ2) is 2.69. The molecule has 0 saturated carbocycles. The Morgan fingerprint density at radius 2 is 2.07 bits per heavy atom. The van der Waals surface area contributed by atoms with Gasteiger partial charge in [0.25, 0.3) is 0 Å². The van der Waals surface area contributed by atoms with Gasteiger partial charge in [-0.1, -0.05) is 0 Å². The third-order valence-electron chi connectivity index (χ3n) is 1.82. The number of H-pyrrole nitrogens is 1. The lowest BCUT2D eigenvalue weighted by Crippen LogP contribution is -2.35. The van der Waals surface area contributed by atoms with Gasteiger partial charge in [0.1, 0.15) is 11.3 Å². The normalized spacial score (nSPS) is 10.6. The van der Waals surface area contributed by atoms with Crippen LogP contribution in [0.4, 0.5) is 4.39 Å². The van der Waals surface area contributed by atoms with Crippen LogP contribution in [0.1, 0.15) is 0 Å². The molecule has 0 saturated heterocycles. The van der Waals surface area contributed by atoms with Crippen molar-refractivity contribution in [1.29, 1.82) is 0 Å². The highest BCUT2D eigenvalue weighted by Gasteiger charge is 2.06. The lowest BCUT2D eigenvalue weighted by molar-refractivity contribution is 0.186. The highest BCUT2D eigenvalue weighted by Crippen LogP contribution is 2.08. The Labute approximate surface area is 76.0 Å². The number of aromatic nitrogens is 2. The van der Waals surface area contributed by atoms with Gasteiger partial charge in [-0.05, 0) is 12.1 Å². The maximum atomic E-state index is 12.7. The summed E-state index contributed by atoms with van der Waals surface area (Å²) in [5.74, 6) is -0.605. The van der Waals surface area contributed by atoms with Gasteiger partial charge in [0.2, 0.25) is 0 Å². The molecule has 1 aromatic carbocycles. The molecular formula is C8H5FN2O3. The molecule has 6 heteroatoms. The van der Waals surface area contributed by atoms with E-state index in [2.05, 4.69) is 4.98 Å². The summed E-state index contributed by atoms with van der Waals surface area (Å²) in [7, 11) is 0. The molecular weight excluding hydrogens is 191 g/mol. The molecule has 0 fully saturated rings. The van der Waals surface area contributed by atoms with Gasteiger partial charge in [-0.25, -0.2) is 4.39 Å². The van der Waals surface area contributed by atoms with Crippen molar-refractivity contribution >= 4 is 11.0 Å². The first-order valence-corrected chi connectivity index (χ1v) is 3.73. The molecule has 0 unspecified atom stereocenters. The molecule has 0 aliphatic rings. The number of hydrogen-bond acceptors (Lipinski definition) is 3. The first-order valence-electron chi connectivity index (χ1n) is 3.73. The Bertz CT molecular complexity index is 614. The number of benzene rings is 1. The number of aromatic amines is 1. The first-order chi connectivity index (χ1) is 6.59. The Hall–Kier alpha value is -2.11. The highest BCUT2D eigenvalue weighted by molar-refractivity contribution is 5.73. The van der Waals surface area contributed by atoms with Gasteiger partial charge in [-0.3, -0.25) is 9.59 Å². The van der Waals surface area contributed by atoms with Crippen LogP contribution in [-0.4, -0.2) is 14.9 Å². The standard InChI is InChI=1S/C8H5FN2O3/c9-4-1-2-5-6(3-4)11(14)8(13)7(12)10-5/h1-3,14H,(H,10,12). The van der Waals surface area contributed by atoms with E-state index < -0.39 is 16.9 Å². The highest BCUT2D eigenvalue weighted by atomic mass is 19.1. The zero-order valence-corrected chi connectivity index (χ0v) is 6.82. The maximum absolute atomic E-state index is 12.7. The molecule has 2 rings (SSSR count). The molecule has 0 atom stereocenters. The molecule has 0 amide bonds. The molecule has 1 aromatic heterocycles. The summed E-state index contributed by atoms with van der Waals surface area (Å²) in [5.41, 5.74) is -1.97. The van der Waals surface area contributed by atoms with Gasteiger partial charge in [0.05, 0.1) is 5.52 Å². The third kappa shape index (κ3) is 1.08. The predicted octanol–water partition coefficient (Wildman–Crippen LogP) is 0.0662. The van der Waals surface area contributed by atoms with E-state index in [1.54, 1.807) is 0 Å². The van der Waals surface area contributed by atoms with Crippen molar-refractivity contribution < 1.29 is 9.60 Å². The summed E-state index contributed by atoms with van der Waals surface area (Å²) in [6.45, 7) is 0. The molecule has 2 aromatic rings. The van der Waals surface area contributed by atoms with Crippen molar-refractivity contribution in [1.82, 2.24) is 9.71 Å². The van der Waals surface area contributed by atoms with Crippen LogP contribution < -0.4 is 11.1 Å². The fraction of sp³-hybridized carbons (Fsp3) is 0. The van der Waals surface area contributed by atoms with Crippen molar-refractivity contribution in [2.45, 2.75) is 0 Å². The molecule has 5 nitrogen and oxygen atoms in total. The van der Waals surface area contributed by atoms with E-state index in [0.29, 0.717) is 0 Å². The lowest BCUT2D eigenvalue weighted by Gasteiger charge is -2.01. The van der Waals surface area contributed by atoms with Gasteiger partial charge in [0.15, 0.2) is 0 Å². The second-order valence-electron chi connectivity index (χ2n) is 2.73. The fourth-order valence-corrected chi connectivity index (χ4v) is 1.17. The van der Waals surface area contributed by atoms with Crippen LogP contribution in [0.25, 0.3) is 11.0 Å². The summed E-state index contributed by atoms with van der Waals surface area (Å²) >= 11 is 0. The van der Waals surface area contributed by atoms with Gasteiger partial charge in [-0.15, -0.1) is 4.73 Å². The minimum absolute atomic E-state index is 0.0744. The van der Waals surface area contributed by atoms with E-state index in [-0.39, 0.29) is 15.8 Å².